The zero-order valence-corrected chi connectivity index (χ0v) is 26.1. The Balaban J connectivity index is 1.90. The summed E-state index contributed by atoms with van der Waals surface area (Å²) in [6, 6.07) is -1.58. The topological polar surface area (TPSA) is 125 Å². The van der Waals surface area contributed by atoms with Gasteiger partial charge in [0.15, 0.2) is 0 Å². The summed E-state index contributed by atoms with van der Waals surface area (Å²) in [5, 5.41) is 13.0. The van der Waals surface area contributed by atoms with Gasteiger partial charge >= 0.3 is 5.97 Å². The molecule has 3 aliphatic rings. The highest BCUT2D eigenvalue weighted by Crippen LogP contribution is 2.60. The maximum Gasteiger partial charge on any atom is 0.312 e. The number of nitrogens with zero attached hydrogens (tertiary/aromatic N) is 2. The molecule has 2 bridgehead atoms. The Morgan fingerprint density at radius 1 is 1.29 bits per heavy atom. The Hall–Kier alpha value is -2.24. The maximum absolute atomic E-state index is 14.3. The number of nitrogens with one attached hydrogen (secondary N) is 1. The highest BCUT2D eigenvalue weighted by atomic mass is 79.9. The molecule has 0 radical (unpaired) electrons. The summed E-state index contributed by atoms with van der Waals surface area (Å²) in [6.45, 7) is 13.7. The number of carbonyl (C=O) groups excluding carboxylic acids is 4. The molecule has 0 aromatic carbocycles. The highest BCUT2D eigenvalue weighted by Gasteiger charge is 2.77. The van der Waals surface area contributed by atoms with Gasteiger partial charge in [0.1, 0.15) is 17.7 Å². The van der Waals surface area contributed by atoms with Gasteiger partial charge in [0.2, 0.25) is 17.7 Å². The number of alkyl halides is 1. The molecule has 0 aromatic heterocycles. The van der Waals surface area contributed by atoms with Gasteiger partial charge in [-0.2, -0.15) is 0 Å². The molecule has 3 rings (SSSR count). The molecule has 3 saturated heterocycles. The fraction of sp³-hybridized carbons (Fsp3) is 0.733. The van der Waals surface area contributed by atoms with Crippen molar-refractivity contribution in [3.63, 3.8) is 0 Å². The Bertz CT molecular complexity index is 989. The number of aliphatic hydroxyl groups excluding tert-OH is 1. The van der Waals surface area contributed by atoms with E-state index >= 15 is 0 Å². The normalized spacial score (nSPS) is 29.5. The summed E-state index contributed by atoms with van der Waals surface area (Å²) in [5.41, 5.74) is -1.23. The number of amides is 3. The average molecular weight is 641 g/mol. The van der Waals surface area contributed by atoms with Crippen molar-refractivity contribution >= 4 is 39.6 Å². The van der Waals surface area contributed by atoms with Crippen LogP contribution in [0, 0.1) is 11.8 Å². The number of aliphatic hydroxyl groups is 1. The van der Waals surface area contributed by atoms with Crippen molar-refractivity contribution in [2.45, 2.75) is 100 Å². The number of allylic oxidation sites excluding steroid dienone is 1. The van der Waals surface area contributed by atoms with Crippen LogP contribution >= 0.6 is 15.9 Å². The van der Waals surface area contributed by atoms with Crippen LogP contribution in [0.2, 0.25) is 0 Å². The number of unbranched alkanes of at least 4 members (excludes halogenated alkanes) is 2. The van der Waals surface area contributed by atoms with Crippen LogP contribution in [0.5, 0.6) is 0 Å². The Labute approximate surface area is 252 Å². The molecule has 41 heavy (non-hydrogen) atoms. The number of ether oxygens (including phenoxy) is 2. The van der Waals surface area contributed by atoms with Crippen molar-refractivity contribution in [2.75, 3.05) is 26.2 Å². The molecule has 0 saturated carbocycles. The van der Waals surface area contributed by atoms with Crippen molar-refractivity contribution in [2.24, 2.45) is 11.8 Å². The number of likely N-dealkylation sites (tertiary alicyclic amines) is 1. The Kier molecular flexibility index (Phi) is 12.0. The van der Waals surface area contributed by atoms with E-state index in [4.69, 9.17) is 9.47 Å². The van der Waals surface area contributed by atoms with E-state index in [0.717, 1.165) is 19.3 Å². The molecular weight excluding hydrogens is 594 g/mol. The molecule has 8 atom stereocenters. The largest absolute Gasteiger partial charge is 0.460 e. The summed E-state index contributed by atoms with van der Waals surface area (Å²) in [6.07, 6.45) is 6.46. The lowest BCUT2D eigenvalue weighted by Crippen LogP contribution is -2.59. The van der Waals surface area contributed by atoms with Crippen LogP contribution < -0.4 is 5.32 Å². The molecule has 1 unspecified atom stereocenters. The predicted molar refractivity (Wildman–Crippen MR) is 158 cm³/mol. The molecular formula is C30H46BrN3O7. The summed E-state index contributed by atoms with van der Waals surface area (Å²) < 4.78 is 12.3. The minimum atomic E-state index is -1.23. The zero-order chi connectivity index (χ0) is 30.3. The molecule has 10 nitrogen and oxygen atoms in total. The van der Waals surface area contributed by atoms with Gasteiger partial charge in [0, 0.05) is 24.3 Å². The lowest BCUT2D eigenvalue weighted by atomic mass is 9.70. The first-order valence-electron chi connectivity index (χ1n) is 14.8. The number of carbonyl (C=O) groups is 4. The zero-order valence-electron chi connectivity index (χ0n) is 24.6. The van der Waals surface area contributed by atoms with Gasteiger partial charge in [-0.15, -0.1) is 13.2 Å². The first-order valence-corrected chi connectivity index (χ1v) is 15.8. The first-order chi connectivity index (χ1) is 19.6. The van der Waals surface area contributed by atoms with E-state index in [1.54, 1.807) is 24.0 Å². The van der Waals surface area contributed by atoms with Crippen LogP contribution in [0.3, 0.4) is 0 Å². The van der Waals surface area contributed by atoms with E-state index in [1.807, 2.05) is 6.92 Å². The molecule has 3 fully saturated rings. The molecule has 230 valence electrons. The minimum absolute atomic E-state index is 0.130. The van der Waals surface area contributed by atoms with Crippen LogP contribution in [0.1, 0.15) is 65.7 Å². The molecule has 3 aliphatic heterocycles. The highest BCUT2D eigenvalue weighted by molar-refractivity contribution is 9.09. The van der Waals surface area contributed by atoms with Crippen LogP contribution in [0.15, 0.2) is 25.3 Å². The number of rotatable bonds is 17. The molecule has 0 aliphatic carbocycles. The van der Waals surface area contributed by atoms with Crippen molar-refractivity contribution in [3.8, 4) is 0 Å². The van der Waals surface area contributed by atoms with E-state index in [9.17, 15) is 24.3 Å². The number of esters is 1. The van der Waals surface area contributed by atoms with Crippen LogP contribution in [0.4, 0.5) is 0 Å². The summed E-state index contributed by atoms with van der Waals surface area (Å²) in [4.78, 5) is 57.0. The van der Waals surface area contributed by atoms with Crippen LogP contribution in [-0.2, 0) is 28.7 Å². The lowest BCUT2D eigenvalue weighted by Gasteiger charge is -2.39. The Morgan fingerprint density at radius 2 is 2.02 bits per heavy atom. The minimum Gasteiger partial charge on any atom is -0.460 e. The van der Waals surface area contributed by atoms with Crippen molar-refractivity contribution in [3.05, 3.63) is 25.3 Å². The van der Waals surface area contributed by atoms with Crippen molar-refractivity contribution < 1.29 is 33.8 Å². The molecule has 2 N–H and O–H groups in total. The van der Waals surface area contributed by atoms with Gasteiger partial charge in [-0.05, 0) is 32.6 Å². The smallest absolute Gasteiger partial charge is 0.312 e. The van der Waals surface area contributed by atoms with E-state index in [1.165, 1.54) is 4.90 Å². The molecule has 0 aromatic rings. The summed E-state index contributed by atoms with van der Waals surface area (Å²) in [7, 11) is 0. The quantitative estimate of drug-likeness (QED) is 0.108. The second kappa shape index (κ2) is 14.8. The van der Waals surface area contributed by atoms with Gasteiger partial charge in [-0.3, -0.25) is 19.2 Å². The molecule has 11 heteroatoms. The monoisotopic (exact) mass is 639 g/mol. The van der Waals surface area contributed by atoms with E-state index in [0.29, 0.717) is 38.8 Å². The maximum atomic E-state index is 14.3. The van der Waals surface area contributed by atoms with E-state index < -0.39 is 47.7 Å². The average Bonchev–Trinajstić information content (AvgIpc) is 3.54. The van der Waals surface area contributed by atoms with Crippen LogP contribution in [0.25, 0.3) is 0 Å². The van der Waals surface area contributed by atoms with Crippen molar-refractivity contribution in [1.29, 1.82) is 0 Å². The standard InChI is InChI=1S/C30H46BrN3O7/c1-6-10-12-15-33(14-8-3)28(38)26-30-16-21(31)25(41-30)23(24(30)27(37)34(26)20(9-4)18-35)29(39)40-19(5)17-32-22(36)13-11-7-2/h7-8,19-21,23-26,35H,2-3,6,9-18H2,1,4-5H3,(H,32,36)/t19-,20+,21?,23+,24-,25+,26+,30-/m1/s1. The fourth-order valence-electron chi connectivity index (χ4n) is 6.49. The molecule has 1 spiro atoms. The Morgan fingerprint density at radius 3 is 2.63 bits per heavy atom. The number of fused-ring (bicyclic) bond motifs is 1. The first kappa shape index (κ1) is 33.3. The van der Waals surface area contributed by atoms with Gasteiger partial charge in [-0.1, -0.05) is 54.8 Å². The summed E-state index contributed by atoms with van der Waals surface area (Å²) in [5.74, 6) is -3.23. The third-order valence-electron chi connectivity index (χ3n) is 8.48. The number of hydrogen-bond donors (Lipinski definition) is 2. The number of halogens is 1. The van der Waals surface area contributed by atoms with Crippen molar-refractivity contribution in [1.82, 2.24) is 15.1 Å². The third-order valence-corrected chi connectivity index (χ3v) is 9.33. The summed E-state index contributed by atoms with van der Waals surface area (Å²) >= 11 is 3.66. The third kappa shape index (κ3) is 6.72. The van der Waals surface area contributed by atoms with Crippen LogP contribution in [-0.4, -0.2) is 99.6 Å². The van der Waals surface area contributed by atoms with Gasteiger partial charge in [-0.25, -0.2) is 0 Å². The SMILES string of the molecule is C=CCCC(=O)NC[C@@H](C)OC(=O)[C@@H]1[C@H]2O[C@@]3(CC2Br)[C@H](C(=O)N(CC=C)CCCCC)N([C@@H](CC)CO)C(=O)[C@@H]13. The van der Waals surface area contributed by atoms with E-state index in [2.05, 4.69) is 41.3 Å². The molecule has 3 amide bonds. The van der Waals surface area contributed by atoms with Gasteiger partial charge < -0.3 is 29.7 Å². The van der Waals surface area contributed by atoms with Gasteiger partial charge in [0.25, 0.3) is 0 Å². The lowest BCUT2D eigenvalue weighted by molar-refractivity contribution is -0.160. The predicted octanol–water partition coefficient (Wildman–Crippen LogP) is 2.72. The second-order valence-electron chi connectivity index (χ2n) is 11.3. The van der Waals surface area contributed by atoms with Gasteiger partial charge in [0.05, 0.1) is 37.1 Å². The fourth-order valence-corrected chi connectivity index (χ4v) is 7.44. The van der Waals surface area contributed by atoms with E-state index in [-0.39, 0.29) is 35.7 Å². The molecule has 3 heterocycles. The number of hydrogen-bond acceptors (Lipinski definition) is 7. The second-order valence-corrected chi connectivity index (χ2v) is 12.5.